The van der Waals surface area contributed by atoms with Crippen molar-refractivity contribution in [1.82, 2.24) is 10.6 Å². The molecule has 0 bridgehead atoms. The molecule has 0 atom stereocenters. The van der Waals surface area contributed by atoms with Crippen molar-refractivity contribution >= 4 is 0 Å². The van der Waals surface area contributed by atoms with Gasteiger partial charge in [-0.3, -0.25) is 0 Å². The zero-order chi connectivity index (χ0) is 15.6. The Bertz CT molecular complexity index is 180. The van der Waals surface area contributed by atoms with E-state index in [0.717, 1.165) is 19.0 Å². The van der Waals surface area contributed by atoms with E-state index in [9.17, 15) is 0 Å². The summed E-state index contributed by atoms with van der Waals surface area (Å²) < 4.78 is 0. The van der Waals surface area contributed by atoms with E-state index in [4.69, 9.17) is 0 Å². The van der Waals surface area contributed by atoms with Gasteiger partial charge in [-0.1, -0.05) is 78.6 Å². The van der Waals surface area contributed by atoms with Gasteiger partial charge in [0.25, 0.3) is 0 Å². The van der Waals surface area contributed by atoms with Crippen LogP contribution in [0.25, 0.3) is 0 Å². The van der Waals surface area contributed by atoms with E-state index in [-0.39, 0.29) is 0 Å². The highest BCUT2D eigenvalue weighted by Crippen LogP contribution is 2.10. The normalized spacial score (nSPS) is 11.4. The molecule has 0 saturated carbocycles. The van der Waals surface area contributed by atoms with E-state index < -0.39 is 0 Å². The first kappa shape index (κ1) is 20.9. The van der Waals surface area contributed by atoms with Gasteiger partial charge in [-0.2, -0.15) is 0 Å². The van der Waals surface area contributed by atoms with Gasteiger partial charge in [-0.05, 0) is 44.9 Å². The summed E-state index contributed by atoms with van der Waals surface area (Å²) in [5.41, 5.74) is 0. The molecule has 2 nitrogen and oxygen atoms in total. The number of unbranched alkanes of at least 4 members (excludes halogenated alkanes) is 9. The molecule has 0 rings (SSSR count). The van der Waals surface area contributed by atoms with Crippen LogP contribution in [0.3, 0.4) is 0 Å². The molecule has 0 aromatic carbocycles. The van der Waals surface area contributed by atoms with Crippen LogP contribution in [0.1, 0.15) is 91.4 Å². The fourth-order valence-corrected chi connectivity index (χ4v) is 2.59. The number of nitrogens with one attached hydrogen (secondary N) is 2. The molecule has 2 N–H and O–H groups in total. The lowest BCUT2D eigenvalue weighted by Crippen LogP contribution is -2.25. The molecule has 0 aliphatic heterocycles. The van der Waals surface area contributed by atoms with Gasteiger partial charge in [0.05, 0.1) is 0 Å². The Hall–Kier alpha value is -0.0800. The van der Waals surface area contributed by atoms with Crippen LogP contribution in [-0.2, 0) is 0 Å². The zero-order valence-electron chi connectivity index (χ0n) is 15.2. The average Bonchev–Trinajstić information content (AvgIpc) is 2.46. The molecule has 0 amide bonds. The Morgan fingerprint density at radius 1 is 0.571 bits per heavy atom. The summed E-state index contributed by atoms with van der Waals surface area (Å²) in [5.74, 6) is 0.768. The minimum Gasteiger partial charge on any atom is -0.317 e. The second-order valence-electron chi connectivity index (χ2n) is 6.88. The van der Waals surface area contributed by atoms with Crippen molar-refractivity contribution in [3.63, 3.8) is 0 Å². The standard InChI is InChI=1S/C19H42N2/c1-4-5-6-7-8-9-10-11-12-13-15-20-16-14-17-21-18-19(2)3/h19-21H,4-18H2,1-3H3. The first-order valence-electron chi connectivity index (χ1n) is 9.68. The number of hydrogen-bond acceptors (Lipinski definition) is 2. The maximum absolute atomic E-state index is 3.56. The lowest BCUT2D eigenvalue weighted by Gasteiger charge is -2.08. The van der Waals surface area contributed by atoms with Gasteiger partial charge >= 0.3 is 0 Å². The van der Waals surface area contributed by atoms with E-state index in [1.54, 1.807) is 0 Å². The van der Waals surface area contributed by atoms with Crippen molar-refractivity contribution in [1.29, 1.82) is 0 Å². The lowest BCUT2D eigenvalue weighted by molar-refractivity contribution is 0.518. The van der Waals surface area contributed by atoms with Gasteiger partial charge in [0.1, 0.15) is 0 Å². The van der Waals surface area contributed by atoms with Gasteiger partial charge < -0.3 is 10.6 Å². The summed E-state index contributed by atoms with van der Waals surface area (Å²) in [6.45, 7) is 11.5. The first-order chi connectivity index (χ1) is 10.3. The van der Waals surface area contributed by atoms with Crippen LogP contribution < -0.4 is 10.6 Å². The molecule has 0 fully saturated rings. The van der Waals surface area contributed by atoms with E-state index in [0.29, 0.717) is 0 Å². The minimum atomic E-state index is 0.768. The molecule has 2 heteroatoms. The van der Waals surface area contributed by atoms with Crippen molar-refractivity contribution in [3.05, 3.63) is 0 Å². The smallest absolute Gasteiger partial charge is 0.00258 e. The van der Waals surface area contributed by atoms with Crippen LogP contribution in [0.2, 0.25) is 0 Å². The molecule has 0 unspecified atom stereocenters. The second kappa shape index (κ2) is 18.0. The Morgan fingerprint density at radius 2 is 1.05 bits per heavy atom. The molecular weight excluding hydrogens is 256 g/mol. The van der Waals surface area contributed by atoms with Crippen molar-refractivity contribution in [2.24, 2.45) is 5.92 Å². The molecule has 0 aromatic heterocycles. The molecule has 0 aliphatic rings. The maximum Gasteiger partial charge on any atom is -0.00258 e. The SMILES string of the molecule is CCCCCCCCCCCCNCCCNCC(C)C. The van der Waals surface area contributed by atoms with Crippen molar-refractivity contribution in [2.75, 3.05) is 26.2 Å². The van der Waals surface area contributed by atoms with Crippen LogP contribution >= 0.6 is 0 Å². The highest BCUT2D eigenvalue weighted by Gasteiger charge is 1.94. The van der Waals surface area contributed by atoms with Crippen LogP contribution in [0, 0.1) is 5.92 Å². The highest BCUT2D eigenvalue weighted by molar-refractivity contribution is 4.55. The molecule has 0 aliphatic carbocycles. The fraction of sp³-hybridized carbons (Fsp3) is 1.00. The first-order valence-corrected chi connectivity index (χ1v) is 9.68. The largest absolute Gasteiger partial charge is 0.317 e. The molecule has 21 heavy (non-hydrogen) atoms. The summed E-state index contributed by atoms with van der Waals surface area (Å²) in [5, 5.41) is 7.05. The predicted molar refractivity (Wildman–Crippen MR) is 97.0 cm³/mol. The maximum atomic E-state index is 3.56. The number of rotatable bonds is 17. The second-order valence-corrected chi connectivity index (χ2v) is 6.88. The van der Waals surface area contributed by atoms with Crippen LogP contribution in [-0.4, -0.2) is 26.2 Å². The van der Waals surface area contributed by atoms with E-state index in [1.807, 2.05) is 0 Å². The van der Waals surface area contributed by atoms with Gasteiger partial charge in [0.2, 0.25) is 0 Å². The Labute approximate surface area is 134 Å². The van der Waals surface area contributed by atoms with Crippen LogP contribution in [0.15, 0.2) is 0 Å². The Balaban J connectivity index is 2.93. The third-order valence-electron chi connectivity index (χ3n) is 3.97. The van der Waals surface area contributed by atoms with E-state index in [2.05, 4.69) is 31.4 Å². The molecular formula is C19H42N2. The fourth-order valence-electron chi connectivity index (χ4n) is 2.59. The average molecular weight is 299 g/mol. The molecule has 0 spiro atoms. The summed E-state index contributed by atoms with van der Waals surface area (Å²) >= 11 is 0. The zero-order valence-corrected chi connectivity index (χ0v) is 15.2. The predicted octanol–water partition coefficient (Wildman–Crippen LogP) is 5.13. The van der Waals surface area contributed by atoms with Gasteiger partial charge in [-0.15, -0.1) is 0 Å². The molecule has 0 aromatic rings. The van der Waals surface area contributed by atoms with Gasteiger partial charge in [0, 0.05) is 0 Å². The topological polar surface area (TPSA) is 24.1 Å². The third-order valence-corrected chi connectivity index (χ3v) is 3.97. The van der Waals surface area contributed by atoms with Gasteiger partial charge in [0.15, 0.2) is 0 Å². The molecule has 0 saturated heterocycles. The van der Waals surface area contributed by atoms with E-state index >= 15 is 0 Å². The van der Waals surface area contributed by atoms with Crippen molar-refractivity contribution in [2.45, 2.75) is 91.4 Å². The summed E-state index contributed by atoms with van der Waals surface area (Å²) in [6, 6.07) is 0. The van der Waals surface area contributed by atoms with Crippen molar-refractivity contribution in [3.8, 4) is 0 Å². The van der Waals surface area contributed by atoms with E-state index in [1.165, 1.54) is 83.7 Å². The summed E-state index contributed by atoms with van der Waals surface area (Å²) in [6.07, 6.45) is 15.5. The van der Waals surface area contributed by atoms with Crippen molar-refractivity contribution < 1.29 is 0 Å². The highest BCUT2D eigenvalue weighted by atomic mass is 14.9. The summed E-state index contributed by atoms with van der Waals surface area (Å²) in [7, 11) is 0. The number of hydrogen-bond donors (Lipinski definition) is 2. The van der Waals surface area contributed by atoms with Crippen LogP contribution in [0.5, 0.6) is 0 Å². The Kier molecular flexibility index (Phi) is 17.9. The third kappa shape index (κ3) is 19.9. The molecule has 128 valence electrons. The minimum absolute atomic E-state index is 0.768. The molecule has 0 heterocycles. The van der Waals surface area contributed by atoms with Crippen LogP contribution in [0.4, 0.5) is 0 Å². The molecule has 0 radical (unpaired) electrons. The quantitative estimate of drug-likeness (QED) is 0.364. The Morgan fingerprint density at radius 3 is 1.62 bits per heavy atom. The van der Waals surface area contributed by atoms with Gasteiger partial charge in [-0.25, -0.2) is 0 Å². The monoisotopic (exact) mass is 298 g/mol. The lowest BCUT2D eigenvalue weighted by atomic mass is 10.1. The summed E-state index contributed by atoms with van der Waals surface area (Å²) in [4.78, 5) is 0.